The Labute approximate surface area is 171 Å². The molecule has 4 heteroatoms. The fraction of sp³-hybridized carbons (Fsp3) is 0.240. The lowest BCUT2D eigenvalue weighted by Crippen LogP contribution is -2.12. The van der Waals surface area contributed by atoms with Crippen molar-refractivity contribution in [2.24, 2.45) is 5.92 Å². The summed E-state index contributed by atoms with van der Waals surface area (Å²) in [6.07, 6.45) is 1.32. The van der Waals surface area contributed by atoms with Gasteiger partial charge in [0.15, 0.2) is 0 Å². The van der Waals surface area contributed by atoms with Crippen molar-refractivity contribution in [1.82, 2.24) is 0 Å². The molecule has 1 atom stereocenters. The Hall–Kier alpha value is -3.27. The molecule has 0 aromatic heterocycles. The molecule has 3 aromatic carbocycles. The molecule has 1 N–H and O–H groups in total. The molecule has 3 aromatic rings. The van der Waals surface area contributed by atoms with E-state index in [0.717, 1.165) is 29.0 Å². The van der Waals surface area contributed by atoms with Crippen LogP contribution in [0.3, 0.4) is 0 Å². The van der Waals surface area contributed by atoms with Crippen molar-refractivity contribution in [2.75, 3.05) is 6.61 Å². The zero-order valence-corrected chi connectivity index (χ0v) is 16.6. The maximum absolute atomic E-state index is 10.9. The highest BCUT2D eigenvalue weighted by Crippen LogP contribution is 2.17. The molecule has 0 saturated carbocycles. The summed E-state index contributed by atoms with van der Waals surface area (Å²) in [5.41, 5.74) is 3.33. The van der Waals surface area contributed by atoms with Crippen LogP contribution in [-0.4, -0.2) is 17.7 Å². The summed E-state index contributed by atoms with van der Waals surface area (Å²) in [5, 5.41) is 8.99. The van der Waals surface area contributed by atoms with Crippen LogP contribution >= 0.6 is 0 Å². The Morgan fingerprint density at radius 1 is 0.793 bits per heavy atom. The summed E-state index contributed by atoms with van der Waals surface area (Å²) in [5.74, 6) is 0.479. The Morgan fingerprint density at radius 2 is 1.38 bits per heavy atom. The van der Waals surface area contributed by atoms with Crippen molar-refractivity contribution >= 4 is 5.97 Å². The van der Waals surface area contributed by atoms with Gasteiger partial charge in [0.2, 0.25) is 0 Å². The number of aliphatic carboxylic acids is 1. The molecule has 150 valence electrons. The molecule has 0 aliphatic rings. The molecule has 4 nitrogen and oxygen atoms in total. The van der Waals surface area contributed by atoms with Crippen molar-refractivity contribution in [1.29, 1.82) is 0 Å². The standard InChI is InChI=1S/C25H26O4/c1-19(25(26)27)17-21-9-13-23(14-10-21)28-16-15-20-7-11-24(12-8-20)29-18-22-5-3-2-4-6-22/h2-14,19H,15-18H2,1H3,(H,26,27). The van der Waals surface area contributed by atoms with Gasteiger partial charge in [-0.1, -0.05) is 61.5 Å². The average Bonchev–Trinajstić information content (AvgIpc) is 2.75. The topological polar surface area (TPSA) is 55.8 Å². The number of hydrogen-bond acceptors (Lipinski definition) is 3. The Morgan fingerprint density at radius 3 is 2.00 bits per heavy atom. The van der Waals surface area contributed by atoms with Crippen molar-refractivity contribution in [3.8, 4) is 11.5 Å². The van der Waals surface area contributed by atoms with E-state index in [0.29, 0.717) is 19.6 Å². The maximum atomic E-state index is 10.9. The number of carboxylic acid groups (broad SMARTS) is 1. The second-order valence-electron chi connectivity index (χ2n) is 7.10. The van der Waals surface area contributed by atoms with Crippen molar-refractivity contribution < 1.29 is 19.4 Å². The van der Waals surface area contributed by atoms with Crippen LogP contribution in [0.1, 0.15) is 23.6 Å². The largest absolute Gasteiger partial charge is 0.493 e. The van der Waals surface area contributed by atoms with E-state index >= 15 is 0 Å². The zero-order chi connectivity index (χ0) is 20.5. The fourth-order valence-corrected chi connectivity index (χ4v) is 2.94. The average molecular weight is 390 g/mol. The van der Waals surface area contributed by atoms with Crippen molar-refractivity contribution in [2.45, 2.75) is 26.4 Å². The number of hydrogen-bond donors (Lipinski definition) is 1. The summed E-state index contributed by atoms with van der Waals surface area (Å²) in [4.78, 5) is 10.9. The maximum Gasteiger partial charge on any atom is 0.306 e. The van der Waals surface area contributed by atoms with E-state index < -0.39 is 5.97 Å². The van der Waals surface area contributed by atoms with Gasteiger partial charge in [-0.25, -0.2) is 0 Å². The summed E-state index contributed by atoms with van der Waals surface area (Å²) >= 11 is 0. The van der Waals surface area contributed by atoms with E-state index in [1.54, 1.807) is 6.92 Å². The van der Waals surface area contributed by atoms with Gasteiger partial charge in [-0.15, -0.1) is 0 Å². The molecule has 0 aliphatic carbocycles. The first kappa shape index (κ1) is 20.5. The monoisotopic (exact) mass is 390 g/mol. The summed E-state index contributed by atoms with van der Waals surface area (Å²) in [6.45, 7) is 2.85. The lowest BCUT2D eigenvalue weighted by Gasteiger charge is -2.10. The molecule has 0 amide bonds. The number of rotatable bonds is 10. The van der Waals surface area contributed by atoms with Crippen molar-refractivity contribution in [3.63, 3.8) is 0 Å². The van der Waals surface area contributed by atoms with E-state index in [2.05, 4.69) is 12.1 Å². The van der Waals surface area contributed by atoms with Crippen LogP contribution in [0, 0.1) is 5.92 Å². The summed E-state index contributed by atoms with van der Waals surface area (Å²) in [6, 6.07) is 25.8. The molecular formula is C25H26O4. The molecule has 0 fully saturated rings. The van der Waals surface area contributed by atoms with Crippen LogP contribution in [-0.2, 0) is 24.2 Å². The number of ether oxygens (including phenoxy) is 2. The molecule has 0 radical (unpaired) electrons. The minimum Gasteiger partial charge on any atom is -0.493 e. The first-order chi connectivity index (χ1) is 14.1. The number of carboxylic acids is 1. The fourth-order valence-electron chi connectivity index (χ4n) is 2.94. The third-order valence-electron chi connectivity index (χ3n) is 4.72. The predicted molar refractivity (Wildman–Crippen MR) is 113 cm³/mol. The molecule has 3 rings (SSSR count). The van der Waals surface area contributed by atoms with Crippen LogP contribution < -0.4 is 9.47 Å². The minimum atomic E-state index is -0.776. The Kier molecular flexibility index (Phi) is 7.28. The van der Waals surface area contributed by atoms with E-state index in [9.17, 15) is 4.79 Å². The molecule has 0 bridgehead atoms. The Bertz CT molecular complexity index is 886. The molecule has 29 heavy (non-hydrogen) atoms. The highest BCUT2D eigenvalue weighted by atomic mass is 16.5. The molecule has 1 unspecified atom stereocenters. The van der Waals surface area contributed by atoms with Crippen LogP contribution in [0.4, 0.5) is 0 Å². The summed E-state index contributed by atoms with van der Waals surface area (Å²) in [7, 11) is 0. The van der Waals surface area contributed by atoms with Crippen LogP contribution in [0.15, 0.2) is 78.9 Å². The highest BCUT2D eigenvalue weighted by Gasteiger charge is 2.11. The van der Waals surface area contributed by atoms with Gasteiger partial charge >= 0.3 is 5.97 Å². The van der Waals surface area contributed by atoms with E-state index in [1.165, 1.54) is 5.56 Å². The van der Waals surface area contributed by atoms with Crippen molar-refractivity contribution in [3.05, 3.63) is 95.6 Å². The first-order valence-electron chi connectivity index (χ1n) is 9.80. The van der Waals surface area contributed by atoms with Gasteiger partial charge < -0.3 is 14.6 Å². The molecular weight excluding hydrogens is 364 g/mol. The Balaban J connectivity index is 1.41. The smallest absolute Gasteiger partial charge is 0.306 e. The minimum absolute atomic E-state index is 0.388. The van der Waals surface area contributed by atoms with E-state index in [4.69, 9.17) is 14.6 Å². The molecule has 0 saturated heterocycles. The van der Waals surface area contributed by atoms with Gasteiger partial charge in [-0.05, 0) is 47.4 Å². The third kappa shape index (κ3) is 6.68. The van der Waals surface area contributed by atoms with Gasteiger partial charge in [-0.3, -0.25) is 4.79 Å². The first-order valence-corrected chi connectivity index (χ1v) is 9.80. The van der Waals surface area contributed by atoms with Gasteiger partial charge in [0, 0.05) is 6.42 Å². The third-order valence-corrected chi connectivity index (χ3v) is 4.72. The van der Waals surface area contributed by atoms with Crippen LogP contribution in [0.2, 0.25) is 0 Å². The predicted octanol–water partition coefficient (Wildman–Crippen LogP) is 5.15. The van der Waals surface area contributed by atoms with Crippen LogP contribution in [0.25, 0.3) is 0 Å². The van der Waals surface area contributed by atoms with Gasteiger partial charge in [0.05, 0.1) is 12.5 Å². The lowest BCUT2D eigenvalue weighted by molar-refractivity contribution is -0.141. The van der Waals surface area contributed by atoms with Gasteiger partial charge in [0.1, 0.15) is 18.1 Å². The second-order valence-corrected chi connectivity index (χ2v) is 7.10. The number of benzene rings is 3. The molecule has 0 spiro atoms. The highest BCUT2D eigenvalue weighted by molar-refractivity contribution is 5.69. The van der Waals surface area contributed by atoms with Crippen LogP contribution in [0.5, 0.6) is 11.5 Å². The summed E-state index contributed by atoms with van der Waals surface area (Å²) < 4.78 is 11.6. The van der Waals surface area contributed by atoms with Gasteiger partial charge in [0.25, 0.3) is 0 Å². The SMILES string of the molecule is CC(Cc1ccc(OCCc2ccc(OCc3ccccc3)cc2)cc1)C(=O)O. The van der Waals surface area contributed by atoms with E-state index in [1.807, 2.05) is 66.7 Å². The molecule has 0 heterocycles. The lowest BCUT2D eigenvalue weighted by atomic mass is 10.0. The number of carbonyl (C=O) groups is 1. The van der Waals surface area contributed by atoms with E-state index in [-0.39, 0.29) is 5.92 Å². The quantitative estimate of drug-likeness (QED) is 0.520. The molecule has 0 aliphatic heterocycles. The zero-order valence-electron chi connectivity index (χ0n) is 16.6. The van der Waals surface area contributed by atoms with Gasteiger partial charge in [-0.2, -0.15) is 0 Å². The second kappa shape index (κ2) is 10.3. The normalized spacial score (nSPS) is 11.6.